The van der Waals surface area contributed by atoms with Gasteiger partial charge in [0.05, 0.1) is 13.7 Å². The second-order valence-electron chi connectivity index (χ2n) is 6.54. The highest BCUT2D eigenvalue weighted by atomic mass is 127. The molecule has 1 saturated heterocycles. The van der Waals surface area contributed by atoms with Crippen molar-refractivity contribution in [3.05, 3.63) is 18.2 Å². The van der Waals surface area contributed by atoms with Gasteiger partial charge in [-0.2, -0.15) is 0 Å². The number of nitrogens with zero attached hydrogens (tertiary/aromatic N) is 2. The van der Waals surface area contributed by atoms with Gasteiger partial charge in [-0.3, -0.25) is 4.99 Å². The van der Waals surface area contributed by atoms with Crippen LogP contribution in [0.2, 0.25) is 0 Å². The maximum atomic E-state index is 5.58. The molecule has 2 rings (SSSR count). The van der Waals surface area contributed by atoms with Crippen molar-refractivity contribution in [2.75, 3.05) is 51.8 Å². The molecule has 154 valence electrons. The second kappa shape index (κ2) is 13.0. The predicted molar refractivity (Wildman–Crippen MR) is 124 cm³/mol. The molecule has 0 spiro atoms. The summed E-state index contributed by atoms with van der Waals surface area (Å²) in [5.41, 5.74) is 0.934. The van der Waals surface area contributed by atoms with Crippen LogP contribution in [0.15, 0.2) is 23.2 Å². The van der Waals surface area contributed by atoms with E-state index in [-0.39, 0.29) is 24.0 Å². The number of likely N-dealkylation sites (tertiary alicyclic amines) is 1. The van der Waals surface area contributed by atoms with E-state index in [9.17, 15) is 0 Å². The monoisotopic (exact) mass is 490 g/mol. The van der Waals surface area contributed by atoms with E-state index >= 15 is 0 Å². The lowest BCUT2D eigenvalue weighted by Gasteiger charge is -2.31. The third-order valence-electron chi connectivity index (χ3n) is 4.63. The Balaban J connectivity index is 0.00000364. The van der Waals surface area contributed by atoms with Crippen LogP contribution < -0.4 is 20.1 Å². The molecular weight excluding hydrogens is 455 g/mol. The number of halogens is 1. The van der Waals surface area contributed by atoms with E-state index in [4.69, 9.17) is 14.5 Å². The molecule has 2 N–H and O–H groups in total. The molecule has 0 saturated carbocycles. The number of rotatable bonds is 8. The largest absolute Gasteiger partial charge is 0.493 e. The average molecular weight is 490 g/mol. The molecule has 0 amide bonds. The Morgan fingerprint density at radius 3 is 2.74 bits per heavy atom. The fourth-order valence-corrected chi connectivity index (χ4v) is 3.27. The van der Waals surface area contributed by atoms with Crippen molar-refractivity contribution in [1.29, 1.82) is 0 Å². The number of hydrogen-bond acceptors (Lipinski definition) is 4. The highest BCUT2D eigenvalue weighted by Crippen LogP contribution is 2.30. The van der Waals surface area contributed by atoms with Gasteiger partial charge in [0.2, 0.25) is 0 Å². The van der Waals surface area contributed by atoms with Crippen LogP contribution in [-0.2, 0) is 0 Å². The maximum absolute atomic E-state index is 5.58. The van der Waals surface area contributed by atoms with Crippen LogP contribution in [0.1, 0.15) is 33.6 Å². The van der Waals surface area contributed by atoms with Gasteiger partial charge in [0, 0.05) is 31.4 Å². The Morgan fingerprint density at radius 1 is 1.26 bits per heavy atom. The van der Waals surface area contributed by atoms with Gasteiger partial charge in [-0.05, 0) is 57.8 Å². The molecule has 1 aromatic rings. The molecule has 0 aromatic heterocycles. The number of aliphatic imine (C=N–C) groups is 1. The van der Waals surface area contributed by atoms with E-state index < -0.39 is 0 Å². The molecule has 1 atom stereocenters. The Hall–Kier alpha value is -1.22. The number of anilines is 1. The number of guanidine groups is 1. The first kappa shape index (κ1) is 23.8. The zero-order valence-electron chi connectivity index (χ0n) is 17.1. The van der Waals surface area contributed by atoms with Crippen LogP contribution in [-0.4, -0.2) is 57.3 Å². The number of benzene rings is 1. The zero-order valence-corrected chi connectivity index (χ0v) is 19.4. The molecule has 0 aliphatic carbocycles. The van der Waals surface area contributed by atoms with E-state index in [1.54, 1.807) is 7.11 Å². The third-order valence-corrected chi connectivity index (χ3v) is 4.63. The van der Waals surface area contributed by atoms with Crippen molar-refractivity contribution in [1.82, 2.24) is 10.2 Å². The summed E-state index contributed by atoms with van der Waals surface area (Å²) in [6.45, 7) is 12.1. The van der Waals surface area contributed by atoms with E-state index in [2.05, 4.69) is 29.4 Å². The number of ether oxygens (including phenoxy) is 2. The quantitative estimate of drug-likeness (QED) is 0.330. The first-order valence-corrected chi connectivity index (χ1v) is 9.78. The summed E-state index contributed by atoms with van der Waals surface area (Å²) in [7, 11) is 1.66. The van der Waals surface area contributed by atoms with Gasteiger partial charge in [-0.1, -0.05) is 6.92 Å². The number of hydrogen-bond donors (Lipinski definition) is 2. The zero-order chi connectivity index (χ0) is 18.8. The molecule has 1 aliphatic heterocycles. The fourth-order valence-electron chi connectivity index (χ4n) is 3.27. The topological polar surface area (TPSA) is 58.1 Å². The lowest BCUT2D eigenvalue weighted by molar-refractivity contribution is 0.187. The molecule has 0 radical (unpaired) electrons. The lowest BCUT2D eigenvalue weighted by atomic mass is 9.98. The predicted octanol–water partition coefficient (Wildman–Crippen LogP) is 3.82. The van der Waals surface area contributed by atoms with Crippen molar-refractivity contribution in [2.24, 2.45) is 10.9 Å². The van der Waals surface area contributed by atoms with E-state index in [1.165, 1.54) is 19.4 Å². The summed E-state index contributed by atoms with van der Waals surface area (Å²) in [6, 6.07) is 5.85. The highest BCUT2D eigenvalue weighted by Gasteiger charge is 2.18. The fraction of sp³-hybridized carbons (Fsp3) is 0.650. The van der Waals surface area contributed by atoms with Crippen molar-refractivity contribution in [2.45, 2.75) is 33.6 Å². The standard InChI is InChI=1S/C20H34N4O2.HI/c1-5-21-20(22-14-16-9-8-12-24(6-2)15-16)23-17-10-11-18(26-7-3)19(13-17)25-4;/h10-11,13,16H,5-9,12,14-15H2,1-4H3,(H2,21,22,23);1H. The average Bonchev–Trinajstić information content (AvgIpc) is 2.67. The van der Waals surface area contributed by atoms with Crippen LogP contribution in [0.3, 0.4) is 0 Å². The third kappa shape index (κ3) is 7.73. The molecular formula is C20H35IN4O2. The summed E-state index contributed by atoms with van der Waals surface area (Å²) in [4.78, 5) is 7.33. The van der Waals surface area contributed by atoms with Gasteiger partial charge in [-0.15, -0.1) is 24.0 Å². The smallest absolute Gasteiger partial charge is 0.195 e. The maximum Gasteiger partial charge on any atom is 0.195 e. The number of piperidine rings is 1. The molecule has 27 heavy (non-hydrogen) atoms. The summed E-state index contributed by atoms with van der Waals surface area (Å²) in [5.74, 6) is 2.92. The molecule has 1 unspecified atom stereocenters. The van der Waals surface area contributed by atoms with Gasteiger partial charge in [0.1, 0.15) is 0 Å². The summed E-state index contributed by atoms with van der Waals surface area (Å²) in [5, 5.41) is 6.70. The molecule has 6 nitrogen and oxygen atoms in total. The molecule has 7 heteroatoms. The Labute approximate surface area is 181 Å². The lowest BCUT2D eigenvalue weighted by Crippen LogP contribution is -2.37. The van der Waals surface area contributed by atoms with E-state index in [0.717, 1.165) is 49.3 Å². The van der Waals surface area contributed by atoms with E-state index in [1.807, 2.05) is 25.1 Å². The van der Waals surface area contributed by atoms with Crippen molar-refractivity contribution >= 4 is 35.6 Å². The normalized spacial score (nSPS) is 17.8. The summed E-state index contributed by atoms with van der Waals surface area (Å²) >= 11 is 0. The Morgan fingerprint density at radius 2 is 2.07 bits per heavy atom. The molecule has 1 fully saturated rings. The minimum absolute atomic E-state index is 0. The molecule has 1 heterocycles. The van der Waals surface area contributed by atoms with Crippen LogP contribution in [0.4, 0.5) is 5.69 Å². The van der Waals surface area contributed by atoms with Gasteiger partial charge < -0.3 is 25.0 Å². The molecule has 1 aliphatic rings. The van der Waals surface area contributed by atoms with Gasteiger partial charge in [-0.25, -0.2) is 0 Å². The van der Waals surface area contributed by atoms with Gasteiger partial charge in [0.25, 0.3) is 0 Å². The SMILES string of the molecule is CCNC(=NCC1CCCN(CC)C1)Nc1ccc(OCC)c(OC)c1.I. The first-order chi connectivity index (χ1) is 12.7. The number of nitrogens with one attached hydrogen (secondary N) is 2. The summed E-state index contributed by atoms with van der Waals surface area (Å²) < 4.78 is 11.0. The first-order valence-electron chi connectivity index (χ1n) is 9.78. The van der Waals surface area contributed by atoms with Crippen molar-refractivity contribution < 1.29 is 9.47 Å². The van der Waals surface area contributed by atoms with Gasteiger partial charge in [0.15, 0.2) is 17.5 Å². The van der Waals surface area contributed by atoms with Crippen molar-refractivity contribution in [3.8, 4) is 11.5 Å². The summed E-state index contributed by atoms with van der Waals surface area (Å²) in [6.07, 6.45) is 2.53. The van der Waals surface area contributed by atoms with Crippen LogP contribution in [0.25, 0.3) is 0 Å². The Bertz CT molecular complexity index is 583. The van der Waals surface area contributed by atoms with Crippen LogP contribution in [0.5, 0.6) is 11.5 Å². The van der Waals surface area contributed by atoms with Crippen LogP contribution in [0, 0.1) is 5.92 Å². The highest BCUT2D eigenvalue weighted by molar-refractivity contribution is 14.0. The second-order valence-corrected chi connectivity index (χ2v) is 6.54. The van der Waals surface area contributed by atoms with Crippen LogP contribution >= 0.6 is 24.0 Å². The molecule has 1 aromatic carbocycles. The molecule has 0 bridgehead atoms. The van der Waals surface area contributed by atoms with E-state index in [0.29, 0.717) is 12.5 Å². The van der Waals surface area contributed by atoms with Crippen molar-refractivity contribution in [3.63, 3.8) is 0 Å². The number of methoxy groups -OCH3 is 1. The minimum Gasteiger partial charge on any atom is -0.493 e. The Kier molecular flexibility index (Phi) is 11.5. The van der Waals surface area contributed by atoms with Gasteiger partial charge >= 0.3 is 0 Å². The minimum atomic E-state index is 0.